The van der Waals surface area contributed by atoms with Crippen LogP contribution in [-0.4, -0.2) is 3.21 Å². The molecule has 0 atom stereocenters. The second kappa shape index (κ2) is 12.8. The molecule has 0 unspecified atom stereocenters. The Labute approximate surface area is 248 Å². The number of allylic oxidation sites excluding steroid dienone is 4. The fourth-order valence-electron chi connectivity index (χ4n) is 4.98. The van der Waals surface area contributed by atoms with Crippen molar-refractivity contribution in [2.24, 2.45) is 5.41 Å². The molecule has 1 saturated carbocycles. The van der Waals surface area contributed by atoms with Crippen LogP contribution in [-0.2, 0) is 35.1 Å². The Morgan fingerprint density at radius 1 is 0.763 bits per heavy atom. The van der Waals surface area contributed by atoms with Crippen LogP contribution >= 0.6 is 0 Å². The Morgan fingerprint density at radius 2 is 1.26 bits per heavy atom. The molecule has 0 nitrogen and oxygen atoms in total. The predicted molar refractivity (Wildman–Crippen MR) is 167 cm³/mol. The zero-order valence-electron chi connectivity index (χ0n) is 25.6. The summed E-state index contributed by atoms with van der Waals surface area (Å²) in [6, 6.07) is 16.1. The minimum absolute atomic E-state index is 0.194. The van der Waals surface area contributed by atoms with Gasteiger partial charge in [0.15, 0.2) is 0 Å². The van der Waals surface area contributed by atoms with Gasteiger partial charge in [-0.05, 0) is 10.8 Å². The average molecular weight is 586 g/mol. The molecule has 5 rings (SSSR count). The first kappa shape index (κ1) is 31.1. The molecule has 0 N–H and O–H groups in total. The molecule has 1 fully saturated rings. The second-order valence-corrected chi connectivity index (χ2v) is 15.6. The maximum absolute atomic E-state index is 3.20. The second-order valence-electron chi connectivity index (χ2n) is 13.9. The summed E-state index contributed by atoms with van der Waals surface area (Å²) in [5.74, 6) is 0. The van der Waals surface area contributed by atoms with Gasteiger partial charge in [-0.1, -0.05) is 110 Å². The van der Waals surface area contributed by atoms with Crippen molar-refractivity contribution in [2.75, 3.05) is 0 Å². The summed E-state index contributed by atoms with van der Waals surface area (Å²) in [5.41, 5.74) is 5.02. The van der Waals surface area contributed by atoms with Crippen molar-refractivity contribution >= 4 is 24.8 Å². The van der Waals surface area contributed by atoms with Crippen LogP contribution < -0.4 is 0 Å². The molecular formula is C37H50Zr. The normalized spacial score (nSPS) is 16.2. The number of rotatable bonds is 2. The van der Waals surface area contributed by atoms with E-state index in [4.69, 9.17) is 0 Å². The van der Waals surface area contributed by atoms with Crippen LogP contribution in [0.4, 0.5) is 0 Å². The van der Waals surface area contributed by atoms with Crippen LogP contribution in [0.25, 0.3) is 21.5 Å². The standard InChI is InChI=1S/C21H25.C10H15.C6H10.Zr/c1-20(2,3)16-9-7-14-11-15-8-10-17(21(4,5)6)13-19(15)18(14)12-16;1-4-10(2,3)9-7-5-6-8-9;1-2-4-6-5-3-1;/h7-13H,1-6H3;7-8H,4-5H2,1-3H3;1-5H2;/q2*-1;;+2. The van der Waals surface area contributed by atoms with Crippen molar-refractivity contribution in [3.8, 4) is 0 Å². The molecular weight excluding hydrogens is 536 g/mol. The van der Waals surface area contributed by atoms with Gasteiger partial charge in [0.1, 0.15) is 0 Å². The first-order chi connectivity index (χ1) is 17.7. The van der Waals surface area contributed by atoms with E-state index in [0.29, 0.717) is 5.41 Å². The van der Waals surface area contributed by atoms with E-state index in [1.165, 1.54) is 76.8 Å². The van der Waals surface area contributed by atoms with Crippen molar-refractivity contribution < 1.29 is 24.2 Å². The molecule has 2 aliphatic rings. The van der Waals surface area contributed by atoms with E-state index >= 15 is 0 Å². The quantitative estimate of drug-likeness (QED) is 0.262. The van der Waals surface area contributed by atoms with Crippen LogP contribution in [0.3, 0.4) is 0 Å². The summed E-state index contributed by atoms with van der Waals surface area (Å²) in [7, 11) is 0. The molecule has 38 heavy (non-hydrogen) atoms. The number of fused-ring (bicyclic) bond motifs is 3. The first-order valence-electron chi connectivity index (χ1n) is 14.7. The molecule has 0 radical (unpaired) electrons. The van der Waals surface area contributed by atoms with Crippen LogP contribution in [0.2, 0.25) is 0 Å². The van der Waals surface area contributed by atoms with Crippen molar-refractivity contribution in [1.29, 1.82) is 0 Å². The Balaban J connectivity index is 0.000000194. The fraction of sp³-hybridized carbons (Fsp3) is 0.514. The third-order valence-corrected chi connectivity index (χ3v) is 9.49. The van der Waals surface area contributed by atoms with Crippen LogP contribution in [0.5, 0.6) is 0 Å². The van der Waals surface area contributed by atoms with Gasteiger partial charge in [-0.3, -0.25) is 6.08 Å². The molecule has 0 aromatic heterocycles. The summed E-state index contributed by atoms with van der Waals surface area (Å²) in [6.45, 7) is 20.5. The van der Waals surface area contributed by atoms with Gasteiger partial charge >= 0.3 is 59.5 Å². The van der Waals surface area contributed by atoms with Gasteiger partial charge in [0, 0.05) is 0 Å². The monoisotopic (exact) mass is 584 g/mol. The fourth-order valence-corrected chi connectivity index (χ4v) is 5.85. The van der Waals surface area contributed by atoms with Gasteiger partial charge in [0.05, 0.1) is 0 Å². The molecule has 0 saturated heterocycles. The third-order valence-electron chi connectivity index (χ3n) is 8.26. The van der Waals surface area contributed by atoms with E-state index < -0.39 is 0 Å². The summed E-state index contributed by atoms with van der Waals surface area (Å²) in [5, 5.41) is 5.49. The summed E-state index contributed by atoms with van der Waals surface area (Å²) >= 11 is 1.69. The van der Waals surface area contributed by atoms with E-state index in [-0.39, 0.29) is 10.8 Å². The maximum atomic E-state index is 3.20. The van der Waals surface area contributed by atoms with Crippen molar-refractivity contribution in [3.05, 3.63) is 77.4 Å². The Kier molecular flexibility index (Phi) is 10.5. The van der Waals surface area contributed by atoms with Crippen LogP contribution in [0.1, 0.15) is 118 Å². The Hall–Kier alpha value is -1.46. The van der Waals surface area contributed by atoms with E-state index in [9.17, 15) is 0 Å². The van der Waals surface area contributed by atoms with E-state index in [1.54, 1.807) is 27.4 Å². The summed E-state index contributed by atoms with van der Waals surface area (Å²) in [4.78, 5) is 0. The molecule has 0 spiro atoms. The average Bonchev–Trinajstić information content (AvgIpc) is 3.52. The van der Waals surface area contributed by atoms with Crippen LogP contribution in [0, 0.1) is 11.5 Å². The minimum atomic E-state index is 0.194. The zero-order chi connectivity index (χ0) is 28.1. The molecule has 202 valence electrons. The molecule has 2 aliphatic carbocycles. The predicted octanol–water partition coefficient (Wildman–Crippen LogP) is 11.1. The molecule has 3 aromatic rings. The van der Waals surface area contributed by atoms with Crippen molar-refractivity contribution in [3.63, 3.8) is 0 Å². The zero-order valence-corrected chi connectivity index (χ0v) is 28.1. The van der Waals surface area contributed by atoms with Gasteiger partial charge in [-0.15, -0.1) is 46.2 Å². The molecule has 0 aliphatic heterocycles. The number of hydrogen-bond donors (Lipinski definition) is 0. The molecule has 0 bridgehead atoms. The van der Waals surface area contributed by atoms with Gasteiger partial charge in [0.2, 0.25) is 0 Å². The third kappa shape index (κ3) is 8.27. The van der Waals surface area contributed by atoms with Gasteiger partial charge in [-0.25, -0.2) is 6.08 Å². The number of hydrogen-bond acceptors (Lipinski definition) is 0. The van der Waals surface area contributed by atoms with E-state index in [2.05, 4.69) is 123 Å². The molecule has 0 heterocycles. The Morgan fingerprint density at radius 3 is 1.61 bits per heavy atom. The molecule has 1 heteroatoms. The SMILES string of the molecule is CC(C)(C)c1ccc2[cH-]c3ccc(C(C)(C)C)cc3c2c1.CCC(C)(C)C1=CC[C-]=C1.[Zr+2]=[C]1CCCCC1. The van der Waals surface area contributed by atoms with Crippen molar-refractivity contribution in [2.45, 2.75) is 118 Å². The van der Waals surface area contributed by atoms with Gasteiger partial charge in [-0.2, -0.15) is 11.6 Å². The summed E-state index contributed by atoms with van der Waals surface area (Å²) in [6.07, 6.45) is 17.1. The summed E-state index contributed by atoms with van der Waals surface area (Å²) < 4.78 is 1.80. The number of benzene rings is 2. The van der Waals surface area contributed by atoms with Gasteiger partial charge in [0.25, 0.3) is 0 Å². The topological polar surface area (TPSA) is 0 Å². The molecule has 0 amide bonds. The van der Waals surface area contributed by atoms with E-state index in [1.807, 2.05) is 0 Å². The first-order valence-corrected chi connectivity index (χ1v) is 15.9. The van der Waals surface area contributed by atoms with Crippen LogP contribution in [0.15, 0.2) is 60.2 Å². The van der Waals surface area contributed by atoms with Gasteiger partial charge < -0.3 is 0 Å². The Bertz CT molecular complexity index is 1220. The molecule has 3 aromatic carbocycles. The van der Waals surface area contributed by atoms with Crippen molar-refractivity contribution in [1.82, 2.24) is 0 Å². The van der Waals surface area contributed by atoms with E-state index in [0.717, 1.165) is 6.42 Å².